The normalized spacial score (nSPS) is 16.5. The monoisotopic (exact) mass is 661 g/mol. The number of para-hydroxylation sites is 1. The number of halogens is 3. The molecule has 1 saturated heterocycles. The van der Waals surface area contributed by atoms with Gasteiger partial charge in [-0.25, -0.2) is 14.0 Å². The van der Waals surface area contributed by atoms with Crippen LogP contribution in [0.4, 0.5) is 20.6 Å². The highest BCUT2D eigenvalue weighted by atomic mass is 79.9. The maximum atomic E-state index is 15.8. The molecule has 0 saturated carbocycles. The lowest BCUT2D eigenvalue weighted by atomic mass is 10.1. The number of hydrogen-bond donors (Lipinski definition) is 2. The average molecular weight is 663 g/mol. The summed E-state index contributed by atoms with van der Waals surface area (Å²) in [7, 11) is 1.29. The van der Waals surface area contributed by atoms with E-state index in [9.17, 15) is 14.4 Å². The summed E-state index contributed by atoms with van der Waals surface area (Å²) in [5.74, 6) is -2.40. The van der Waals surface area contributed by atoms with Crippen LogP contribution in [0.1, 0.15) is 28.8 Å². The van der Waals surface area contributed by atoms with Crippen LogP contribution in [0.5, 0.6) is 5.75 Å². The number of rotatable bonds is 8. The van der Waals surface area contributed by atoms with Gasteiger partial charge in [0, 0.05) is 21.9 Å². The molecule has 204 valence electrons. The molecule has 0 unspecified atom stereocenters. The van der Waals surface area contributed by atoms with Gasteiger partial charge in [-0.3, -0.25) is 4.79 Å². The highest BCUT2D eigenvalue weighted by molar-refractivity contribution is 9.11. The zero-order valence-corrected chi connectivity index (χ0v) is 24.2. The first kappa shape index (κ1) is 28.6. The molecule has 3 aromatic carbocycles. The molecular formula is C28H26Br2FN3O5. The van der Waals surface area contributed by atoms with Gasteiger partial charge in [0.1, 0.15) is 12.4 Å². The van der Waals surface area contributed by atoms with Crippen LogP contribution in [0.3, 0.4) is 0 Å². The fourth-order valence-corrected chi connectivity index (χ4v) is 5.13. The Morgan fingerprint density at radius 2 is 1.67 bits per heavy atom. The number of likely N-dealkylation sites (tertiary alicyclic amines) is 1. The van der Waals surface area contributed by atoms with E-state index in [-0.39, 0.29) is 31.9 Å². The third-order valence-corrected chi connectivity index (χ3v) is 7.57. The van der Waals surface area contributed by atoms with Crippen LogP contribution in [0.2, 0.25) is 0 Å². The third kappa shape index (κ3) is 7.15. The lowest BCUT2D eigenvalue weighted by Gasteiger charge is -2.31. The summed E-state index contributed by atoms with van der Waals surface area (Å²) in [6.07, 6.45) is 0.672. The molecular weight excluding hydrogens is 637 g/mol. The number of nitrogens with one attached hydrogen (secondary N) is 2. The number of carbonyl (C=O) groups is 3. The molecule has 39 heavy (non-hydrogen) atoms. The summed E-state index contributed by atoms with van der Waals surface area (Å²) >= 11 is 6.83. The van der Waals surface area contributed by atoms with Crippen LogP contribution in [0.15, 0.2) is 75.7 Å². The van der Waals surface area contributed by atoms with E-state index in [0.29, 0.717) is 39.1 Å². The number of urea groups is 1. The number of alkyl halides is 1. The van der Waals surface area contributed by atoms with Crippen molar-refractivity contribution in [2.24, 2.45) is 0 Å². The first-order valence-corrected chi connectivity index (χ1v) is 13.7. The minimum atomic E-state index is -1.94. The van der Waals surface area contributed by atoms with Crippen LogP contribution in [-0.2, 0) is 16.0 Å². The minimum Gasteiger partial charge on any atom is -0.488 e. The molecule has 0 spiro atoms. The molecule has 1 atom stereocenters. The topological polar surface area (TPSA) is 97.0 Å². The summed E-state index contributed by atoms with van der Waals surface area (Å²) in [4.78, 5) is 38.3. The van der Waals surface area contributed by atoms with Gasteiger partial charge in [-0.05, 0) is 92.4 Å². The Kier molecular flexibility index (Phi) is 9.24. The van der Waals surface area contributed by atoms with Crippen LogP contribution < -0.4 is 15.4 Å². The number of hydrogen-bond acceptors (Lipinski definition) is 5. The Morgan fingerprint density at radius 3 is 2.33 bits per heavy atom. The number of amides is 3. The summed E-state index contributed by atoms with van der Waals surface area (Å²) < 4.78 is 27.5. The first-order valence-electron chi connectivity index (χ1n) is 12.1. The van der Waals surface area contributed by atoms with Gasteiger partial charge in [-0.1, -0.05) is 18.2 Å². The third-order valence-electron chi connectivity index (χ3n) is 6.22. The molecule has 0 bridgehead atoms. The number of methoxy groups -OCH3 is 1. The largest absolute Gasteiger partial charge is 0.488 e. The number of anilines is 2. The smallest absolute Gasteiger partial charge is 0.337 e. The molecule has 1 aliphatic rings. The summed E-state index contributed by atoms with van der Waals surface area (Å²) in [5.41, 5.74) is 2.16. The van der Waals surface area contributed by atoms with Gasteiger partial charge in [0.25, 0.3) is 0 Å². The Balaban J connectivity index is 1.34. The lowest BCUT2D eigenvalue weighted by Crippen LogP contribution is -2.48. The van der Waals surface area contributed by atoms with E-state index in [1.807, 2.05) is 18.2 Å². The number of esters is 1. The van der Waals surface area contributed by atoms with Crippen molar-refractivity contribution < 1.29 is 28.2 Å². The van der Waals surface area contributed by atoms with Gasteiger partial charge in [-0.15, -0.1) is 0 Å². The minimum absolute atomic E-state index is 0.0124. The molecule has 1 heterocycles. The molecule has 1 aliphatic heterocycles. The Bertz CT molecular complexity index is 1370. The highest BCUT2D eigenvalue weighted by Crippen LogP contribution is 2.33. The highest BCUT2D eigenvalue weighted by Gasteiger charge is 2.44. The second-order valence-electron chi connectivity index (χ2n) is 8.92. The van der Waals surface area contributed by atoms with Crippen molar-refractivity contribution in [2.45, 2.75) is 25.1 Å². The van der Waals surface area contributed by atoms with E-state index in [1.54, 1.807) is 36.4 Å². The molecule has 0 aliphatic carbocycles. The molecule has 4 rings (SSSR count). The van der Waals surface area contributed by atoms with Gasteiger partial charge in [0.2, 0.25) is 11.7 Å². The summed E-state index contributed by atoms with van der Waals surface area (Å²) in [6.45, 7) is -0.0362. The van der Waals surface area contributed by atoms with Crippen molar-refractivity contribution in [1.82, 2.24) is 4.90 Å². The standard InChI is InChI=1S/C28H26Br2FN3O5/c1-38-26(36)19-8-10-20(11-9-19)39-17-28(31)13-4-14-34(28)25(35)16-18-7-12-24(22(30)15-18)33-27(37)32-23-6-3-2-5-21(23)29/h2-3,5-12,15H,4,13-14,16-17H2,1H3,(H2,32,33,37)/t28-/m1/s1. The van der Waals surface area contributed by atoms with Crippen molar-refractivity contribution in [3.63, 3.8) is 0 Å². The second-order valence-corrected chi connectivity index (χ2v) is 10.6. The van der Waals surface area contributed by atoms with Crippen molar-refractivity contribution in [1.29, 1.82) is 0 Å². The van der Waals surface area contributed by atoms with Crippen LogP contribution in [0, 0.1) is 0 Å². The molecule has 3 aromatic rings. The Morgan fingerprint density at radius 1 is 0.974 bits per heavy atom. The van der Waals surface area contributed by atoms with E-state index >= 15 is 4.39 Å². The van der Waals surface area contributed by atoms with E-state index in [2.05, 4.69) is 47.2 Å². The maximum Gasteiger partial charge on any atom is 0.337 e. The SMILES string of the molecule is COC(=O)c1ccc(OC[C@@]2(F)CCCN2C(=O)Cc2ccc(NC(=O)Nc3ccccc3Br)c(Br)c2)cc1. The van der Waals surface area contributed by atoms with Crippen molar-refractivity contribution in [3.8, 4) is 5.75 Å². The molecule has 2 N–H and O–H groups in total. The fraction of sp³-hybridized carbons (Fsp3) is 0.250. The molecule has 1 fully saturated rings. The number of ether oxygens (including phenoxy) is 2. The second kappa shape index (κ2) is 12.6. The summed E-state index contributed by atoms with van der Waals surface area (Å²) in [6, 6.07) is 18.1. The van der Waals surface area contributed by atoms with Gasteiger partial charge >= 0.3 is 12.0 Å². The fourth-order valence-electron chi connectivity index (χ4n) is 4.22. The zero-order chi connectivity index (χ0) is 28.0. The van der Waals surface area contributed by atoms with Crippen LogP contribution in [-0.4, -0.2) is 48.9 Å². The number of carbonyl (C=O) groups excluding carboxylic acids is 3. The van der Waals surface area contributed by atoms with E-state index in [4.69, 9.17) is 4.74 Å². The predicted octanol–water partition coefficient (Wildman–Crippen LogP) is 6.55. The van der Waals surface area contributed by atoms with Gasteiger partial charge < -0.3 is 25.0 Å². The first-order chi connectivity index (χ1) is 18.7. The van der Waals surface area contributed by atoms with Gasteiger partial charge in [-0.2, -0.15) is 0 Å². The lowest BCUT2D eigenvalue weighted by molar-refractivity contribution is -0.144. The maximum absolute atomic E-state index is 15.8. The van der Waals surface area contributed by atoms with E-state index < -0.39 is 17.8 Å². The van der Waals surface area contributed by atoms with Crippen molar-refractivity contribution in [3.05, 3.63) is 86.8 Å². The zero-order valence-electron chi connectivity index (χ0n) is 21.0. The van der Waals surface area contributed by atoms with E-state index in [0.717, 1.165) is 4.47 Å². The molecule has 0 aromatic heterocycles. The van der Waals surface area contributed by atoms with Crippen molar-refractivity contribution in [2.75, 3.05) is 30.9 Å². The molecule has 3 amide bonds. The summed E-state index contributed by atoms with van der Waals surface area (Å²) in [5, 5.41) is 5.52. The molecule has 8 nitrogen and oxygen atoms in total. The Hall–Kier alpha value is -3.44. The number of benzene rings is 3. The average Bonchev–Trinajstić information content (AvgIpc) is 3.32. The van der Waals surface area contributed by atoms with Crippen LogP contribution >= 0.6 is 31.9 Å². The van der Waals surface area contributed by atoms with Crippen molar-refractivity contribution >= 4 is 61.1 Å². The Labute approximate surface area is 242 Å². The van der Waals surface area contributed by atoms with E-state index in [1.165, 1.54) is 24.1 Å². The van der Waals surface area contributed by atoms with Gasteiger partial charge in [0.15, 0.2) is 0 Å². The van der Waals surface area contributed by atoms with Gasteiger partial charge in [0.05, 0.1) is 30.5 Å². The molecule has 0 radical (unpaired) electrons. The van der Waals surface area contributed by atoms with Crippen LogP contribution in [0.25, 0.3) is 0 Å². The quantitative estimate of drug-likeness (QED) is 0.211. The molecule has 11 heteroatoms. The predicted molar refractivity (Wildman–Crippen MR) is 153 cm³/mol. The number of nitrogens with zero attached hydrogens (tertiary/aromatic N) is 1.